The van der Waals surface area contributed by atoms with Gasteiger partial charge in [0.25, 0.3) is 0 Å². The van der Waals surface area contributed by atoms with Gasteiger partial charge in [-0.3, -0.25) is 9.69 Å². The van der Waals surface area contributed by atoms with Crippen molar-refractivity contribution in [1.29, 1.82) is 0 Å². The van der Waals surface area contributed by atoms with Crippen molar-refractivity contribution in [3.63, 3.8) is 0 Å². The number of carbonyl (C=O) groups is 5. The number of halogens is 1. The molecular weight excluding hydrogens is 785 g/mol. The third-order valence-corrected chi connectivity index (χ3v) is 11.6. The Balaban J connectivity index is 0.000000447. The van der Waals surface area contributed by atoms with Gasteiger partial charge in [-0.2, -0.15) is 11.8 Å². The molecule has 0 bridgehead atoms. The Labute approximate surface area is 365 Å². The van der Waals surface area contributed by atoms with Crippen LogP contribution in [0, 0.1) is 5.92 Å². The topological polar surface area (TPSA) is 148 Å². The molecule has 2 saturated heterocycles. The van der Waals surface area contributed by atoms with Gasteiger partial charge in [0, 0.05) is 23.1 Å². The van der Waals surface area contributed by atoms with Crippen LogP contribution in [-0.2, 0) is 49.9 Å². The molecule has 2 aliphatic heterocycles. The predicted octanol–water partition coefficient (Wildman–Crippen LogP) is 6.52. The third kappa shape index (κ3) is 11.9. The molecule has 0 aromatic heterocycles. The van der Waals surface area contributed by atoms with Gasteiger partial charge in [-0.1, -0.05) is 99.8 Å². The summed E-state index contributed by atoms with van der Waals surface area (Å²) >= 11 is 8.36. The first-order valence-electron chi connectivity index (χ1n) is 16.7. The first kappa shape index (κ1) is 48.4. The van der Waals surface area contributed by atoms with Crippen LogP contribution in [0.3, 0.4) is 0 Å². The number of aliphatic carboxylic acids is 2. The molecular formula is C42H47ClNNaO9S2. The molecule has 4 aliphatic rings. The zero-order valence-electron chi connectivity index (χ0n) is 30.7. The molecule has 2 atom stereocenters. The monoisotopic (exact) mass is 831 g/mol. The summed E-state index contributed by atoms with van der Waals surface area (Å²) in [7, 11) is 0. The van der Waals surface area contributed by atoms with Crippen LogP contribution in [0.25, 0.3) is 22.3 Å². The molecule has 2 aliphatic carbocycles. The summed E-state index contributed by atoms with van der Waals surface area (Å²) < 4.78 is 10.3. The molecule has 4 aromatic rings. The van der Waals surface area contributed by atoms with E-state index in [1.165, 1.54) is 61.2 Å². The molecule has 1 amide bonds. The van der Waals surface area contributed by atoms with E-state index in [4.69, 9.17) is 31.0 Å². The van der Waals surface area contributed by atoms with Crippen molar-refractivity contribution in [2.45, 2.75) is 53.4 Å². The maximum Gasteiger partial charge on any atom is 1.00 e. The first-order valence-corrected chi connectivity index (χ1v) is 19.4. The average Bonchev–Trinajstić information content (AvgIpc) is 4.00. The Kier molecular flexibility index (Phi) is 20.3. The van der Waals surface area contributed by atoms with Crippen molar-refractivity contribution in [2.75, 3.05) is 23.1 Å². The number of ether oxygens (including phenoxy) is 2. The van der Waals surface area contributed by atoms with E-state index in [-0.39, 0.29) is 65.0 Å². The van der Waals surface area contributed by atoms with Crippen molar-refractivity contribution < 1.29 is 74.6 Å². The van der Waals surface area contributed by atoms with Gasteiger partial charge >= 0.3 is 53.0 Å². The van der Waals surface area contributed by atoms with E-state index in [0.29, 0.717) is 11.6 Å². The smallest absolute Gasteiger partial charge is 1.00 e. The Bertz CT molecular complexity index is 1980. The van der Waals surface area contributed by atoms with E-state index in [9.17, 15) is 24.3 Å². The number of hydrogen-bond donors (Lipinski definition) is 2. The van der Waals surface area contributed by atoms with E-state index in [2.05, 4.69) is 36.4 Å². The molecule has 0 spiro atoms. The van der Waals surface area contributed by atoms with Crippen LogP contribution < -0.4 is 29.6 Å². The summed E-state index contributed by atoms with van der Waals surface area (Å²) in [5, 5.41) is 17.6. The summed E-state index contributed by atoms with van der Waals surface area (Å²) in [6, 6.07) is 27.9. The van der Waals surface area contributed by atoms with Gasteiger partial charge in [0.15, 0.2) is 0 Å². The zero-order valence-corrected chi connectivity index (χ0v) is 34.1. The number of carboxylic acid groups (broad SMARTS) is 2. The molecule has 2 heterocycles. The number of carboxylic acids is 2. The van der Waals surface area contributed by atoms with Crippen LogP contribution in [0.15, 0.2) is 84.9 Å². The van der Waals surface area contributed by atoms with Crippen molar-refractivity contribution in [3.05, 3.63) is 118 Å². The molecule has 0 radical (unpaired) electrons. The maximum absolute atomic E-state index is 12.3. The Morgan fingerprint density at radius 3 is 1.66 bits per heavy atom. The van der Waals surface area contributed by atoms with Gasteiger partial charge in [0.2, 0.25) is 0 Å². The first-order chi connectivity index (χ1) is 25.7. The Morgan fingerprint density at radius 1 is 0.714 bits per heavy atom. The molecule has 8 rings (SSSR count). The molecule has 294 valence electrons. The predicted molar refractivity (Wildman–Crippen MR) is 221 cm³/mol. The number of thioether (sulfide) groups is 2. The third-order valence-electron chi connectivity index (χ3n) is 9.27. The van der Waals surface area contributed by atoms with Crippen LogP contribution in [0.2, 0.25) is 0 Å². The van der Waals surface area contributed by atoms with Gasteiger partial charge in [-0.15, -0.1) is 11.8 Å². The van der Waals surface area contributed by atoms with Gasteiger partial charge in [0.05, 0.1) is 11.8 Å². The van der Waals surface area contributed by atoms with Gasteiger partial charge < -0.3 is 25.9 Å². The number of nitrogens with zero attached hydrogens (tertiary/aromatic N) is 1. The van der Waals surface area contributed by atoms with Gasteiger partial charge in [0.1, 0.15) is 26.0 Å². The zero-order chi connectivity index (χ0) is 37.9. The maximum atomic E-state index is 12.3. The summed E-state index contributed by atoms with van der Waals surface area (Å²) in [6.07, 6.45) is 2.02. The van der Waals surface area contributed by atoms with E-state index >= 15 is 0 Å². The van der Waals surface area contributed by atoms with E-state index in [1.807, 2.05) is 55.3 Å². The molecule has 2 unspecified atom stereocenters. The number of hydrogen-bond acceptors (Lipinski definition) is 9. The Hall–Kier alpha value is -3.78. The normalized spacial score (nSPS) is 15.9. The SMILES string of the molecule is C.C.C=O.O=C(Cl)OCc1cccc2c1Cc1ccccc1-2.O=C(O)C1CCSC1.O=C(O)C1CSCN1C(=O)OCc1cccc2c1Cc1ccccc1-2.[H-].[Na+]. The summed E-state index contributed by atoms with van der Waals surface area (Å²) in [5.74, 6) is 0.925. The summed E-state index contributed by atoms with van der Waals surface area (Å²) in [4.78, 5) is 53.6. The number of benzene rings is 4. The molecule has 56 heavy (non-hydrogen) atoms. The van der Waals surface area contributed by atoms with E-state index in [1.54, 1.807) is 11.8 Å². The van der Waals surface area contributed by atoms with E-state index < -0.39 is 29.5 Å². The molecule has 10 nitrogen and oxygen atoms in total. The standard InChI is InChI=1S/C19H17NO4S.C15H11ClO2.C5H8O2S.CH2O.2CH4.Na.H/c21-18(22)17-10-25-11-20(17)19(23)24-9-13-5-3-7-15-14-6-2-1-4-12(14)8-16(13)15;16-15(17)18-9-11-5-3-7-13-12-6-2-1-4-10(12)8-14(11)13;6-5(7)4-1-2-8-3-4;1-2;;;;/h1-7,17H,8-11H2,(H,21,22);1-7H,8-9H2;4H,1-3H2,(H,6,7);1H2;2*1H4;;/q;;;;;;+1;-1. The Morgan fingerprint density at radius 2 is 1.21 bits per heavy atom. The number of amides is 1. The minimum absolute atomic E-state index is 0. The largest absolute Gasteiger partial charge is 1.00 e. The van der Waals surface area contributed by atoms with Gasteiger partial charge in [-0.05, 0) is 80.6 Å². The van der Waals surface area contributed by atoms with Crippen LogP contribution in [0.1, 0.15) is 56.1 Å². The van der Waals surface area contributed by atoms with Crippen molar-refractivity contribution >= 4 is 65.4 Å². The number of carbonyl (C=O) groups excluding carboxylic acids is 3. The average molecular weight is 832 g/mol. The van der Waals surface area contributed by atoms with E-state index in [0.717, 1.165) is 41.9 Å². The minimum Gasteiger partial charge on any atom is -1.00 e. The van der Waals surface area contributed by atoms with Gasteiger partial charge in [-0.25, -0.2) is 14.4 Å². The van der Waals surface area contributed by atoms with Crippen molar-refractivity contribution in [3.8, 4) is 22.3 Å². The molecule has 0 saturated carbocycles. The second kappa shape index (κ2) is 23.5. The minimum atomic E-state index is -0.988. The van der Waals surface area contributed by atoms with Crippen LogP contribution in [0.5, 0.6) is 0 Å². The summed E-state index contributed by atoms with van der Waals surface area (Å²) in [5.41, 5.74) is 11.2. The second-order valence-electron chi connectivity index (χ2n) is 12.4. The molecule has 4 aromatic carbocycles. The second-order valence-corrected chi connectivity index (χ2v) is 14.8. The van der Waals surface area contributed by atoms with Crippen LogP contribution in [-0.4, -0.2) is 74.5 Å². The molecule has 2 fully saturated rings. The fourth-order valence-electron chi connectivity index (χ4n) is 6.63. The quantitative estimate of drug-likeness (QED) is 0.140. The molecule has 14 heteroatoms. The number of fused-ring (bicyclic) bond motifs is 6. The van der Waals surface area contributed by atoms with Crippen LogP contribution in [0.4, 0.5) is 9.59 Å². The van der Waals surface area contributed by atoms with Crippen molar-refractivity contribution in [2.24, 2.45) is 5.92 Å². The fraction of sp³-hybridized carbons (Fsp3) is 0.310. The fourth-order valence-corrected chi connectivity index (χ4v) is 9.03. The van der Waals surface area contributed by atoms with Crippen molar-refractivity contribution in [1.82, 2.24) is 4.90 Å². The summed E-state index contributed by atoms with van der Waals surface area (Å²) in [6.45, 7) is 2.39. The molecule has 2 N–H and O–H groups in total. The number of rotatable bonds is 6. The van der Waals surface area contributed by atoms with Crippen LogP contribution >= 0.6 is 35.1 Å².